The summed E-state index contributed by atoms with van der Waals surface area (Å²) in [5.74, 6) is 0.175. The summed E-state index contributed by atoms with van der Waals surface area (Å²) in [7, 11) is 0. The van der Waals surface area contributed by atoms with Crippen molar-refractivity contribution < 1.29 is 9.53 Å². The molecule has 0 saturated heterocycles. The molecule has 0 bridgehead atoms. The molecule has 0 aliphatic heterocycles. The van der Waals surface area contributed by atoms with E-state index < -0.39 is 0 Å². The summed E-state index contributed by atoms with van der Waals surface area (Å²) in [4.78, 5) is 19.6. The summed E-state index contributed by atoms with van der Waals surface area (Å²) in [6.07, 6.45) is 0.678. The van der Waals surface area contributed by atoms with Crippen molar-refractivity contribution in [3.05, 3.63) is 29.6 Å². The first-order valence-electron chi connectivity index (χ1n) is 6.29. The summed E-state index contributed by atoms with van der Waals surface area (Å²) in [6.45, 7) is 6.18. The van der Waals surface area contributed by atoms with Gasteiger partial charge in [0.2, 0.25) is 0 Å². The van der Waals surface area contributed by atoms with Gasteiger partial charge in [-0.15, -0.1) is 0 Å². The van der Waals surface area contributed by atoms with Gasteiger partial charge in [0.1, 0.15) is 11.7 Å². The second-order valence-electron chi connectivity index (χ2n) is 4.31. The van der Waals surface area contributed by atoms with Crippen LogP contribution in [0.4, 0.5) is 0 Å². The number of esters is 1. The van der Waals surface area contributed by atoms with Gasteiger partial charge in [0, 0.05) is 0 Å². The molecule has 0 fully saturated rings. The third-order valence-corrected chi connectivity index (χ3v) is 3.04. The monoisotopic (exact) mass is 246 g/mol. The lowest BCUT2D eigenvalue weighted by atomic mass is 10.1. The van der Waals surface area contributed by atoms with Gasteiger partial charge in [-0.2, -0.15) is 0 Å². The summed E-state index contributed by atoms with van der Waals surface area (Å²) in [5.41, 5.74) is 3.00. The highest BCUT2D eigenvalue weighted by atomic mass is 16.5. The first-order valence-corrected chi connectivity index (χ1v) is 6.29. The SMILES string of the molecule is CCOC(=O)C(CC)c1nc2c(C)cccc2[nH]1. The highest BCUT2D eigenvalue weighted by molar-refractivity contribution is 5.82. The van der Waals surface area contributed by atoms with Crippen LogP contribution >= 0.6 is 0 Å². The molecule has 2 rings (SSSR count). The number of benzene rings is 1. The molecule has 4 nitrogen and oxygen atoms in total. The number of aromatic amines is 1. The Bertz CT molecular complexity index is 560. The Hall–Kier alpha value is -1.84. The minimum absolute atomic E-state index is 0.211. The Labute approximate surface area is 106 Å². The number of ether oxygens (including phenoxy) is 1. The number of aromatic nitrogens is 2. The fourth-order valence-electron chi connectivity index (χ4n) is 2.07. The van der Waals surface area contributed by atoms with Crippen LogP contribution in [0, 0.1) is 6.92 Å². The zero-order valence-corrected chi connectivity index (χ0v) is 11.0. The van der Waals surface area contributed by atoms with Gasteiger partial charge in [0.05, 0.1) is 17.6 Å². The Morgan fingerprint density at radius 2 is 2.22 bits per heavy atom. The lowest BCUT2D eigenvalue weighted by molar-refractivity contribution is -0.145. The fourth-order valence-corrected chi connectivity index (χ4v) is 2.07. The maximum absolute atomic E-state index is 11.9. The number of carbonyl (C=O) groups excluding carboxylic acids is 1. The predicted octanol–water partition coefficient (Wildman–Crippen LogP) is 2.93. The number of H-pyrrole nitrogens is 1. The maximum atomic E-state index is 11.9. The molecule has 0 aliphatic rings. The molecule has 1 atom stereocenters. The first-order chi connectivity index (χ1) is 8.67. The standard InChI is InChI=1S/C14H18N2O2/c1-4-10(14(17)18-5-2)13-15-11-8-6-7-9(3)12(11)16-13/h6-8,10H,4-5H2,1-3H3,(H,15,16). The van der Waals surface area contributed by atoms with Crippen LogP contribution in [0.1, 0.15) is 37.6 Å². The van der Waals surface area contributed by atoms with E-state index >= 15 is 0 Å². The lowest BCUT2D eigenvalue weighted by Gasteiger charge is -2.10. The Balaban J connectivity index is 2.40. The van der Waals surface area contributed by atoms with Crippen LogP contribution in [0.15, 0.2) is 18.2 Å². The predicted molar refractivity (Wildman–Crippen MR) is 70.5 cm³/mol. The molecule has 0 radical (unpaired) electrons. The summed E-state index contributed by atoms with van der Waals surface area (Å²) < 4.78 is 5.08. The molecule has 0 spiro atoms. The Morgan fingerprint density at radius 1 is 1.44 bits per heavy atom. The number of carbonyl (C=O) groups is 1. The minimum Gasteiger partial charge on any atom is -0.465 e. The average molecular weight is 246 g/mol. The molecule has 1 unspecified atom stereocenters. The minimum atomic E-state index is -0.309. The fraction of sp³-hybridized carbons (Fsp3) is 0.429. The van der Waals surface area contributed by atoms with Crippen molar-refractivity contribution in [1.82, 2.24) is 9.97 Å². The number of para-hydroxylation sites is 1. The smallest absolute Gasteiger partial charge is 0.316 e. The van der Waals surface area contributed by atoms with Gasteiger partial charge < -0.3 is 9.72 Å². The van der Waals surface area contributed by atoms with E-state index in [4.69, 9.17) is 4.74 Å². The van der Waals surface area contributed by atoms with Crippen LogP contribution in [0.3, 0.4) is 0 Å². The molecule has 1 N–H and O–H groups in total. The van der Waals surface area contributed by atoms with E-state index in [9.17, 15) is 4.79 Å². The van der Waals surface area contributed by atoms with Crippen LogP contribution in [0.25, 0.3) is 11.0 Å². The topological polar surface area (TPSA) is 55.0 Å². The van der Waals surface area contributed by atoms with Crippen LogP contribution in [-0.2, 0) is 9.53 Å². The molecule has 1 heterocycles. The summed E-state index contributed by atoms with van der Waals surface area (Å²) in [5, 5.41) is 0. The summed E-state index contributed by atoms with van der Waals surface area (Å²) in [6, 6.07) is 5.96. The van der Waals surface area contributed by atoms with E-state index in [1.165, 1.54) is 0 Å². The molecular formula is C14H18N2O2. The molecule has 0 aliphatic carbocycles. The lowest BCUT2D eigenvalue weighted by Crippen LogP contribution is -2.16. The van der Waals surface area contributed by atoms with Gasteiger partial charge in [-0.05, 0) is 31.9 Å². The summed E-state index contributed by atoms with van der Waals surface area (Å²) >= 11 is 0. The number of imidazole rings is 1. The van der Waals surface area contributed by atoms with E-state index in [1.807, 2.05) is 39.0 Å². The van der Waals surface area contributed by atoms with Crippen LogP contribution < -0.4 is 0 Å². The Kier molecular flexibility index (Phi) is 3.65. The van der Waals surface area contributed by atoms with E-state index in [-0.39, 0.29) is 11.9 Å². The molecule has 2 aromatic rings. The second-order valence-corrected chi connectivity index (χ2v) is 4.31. The molecule has 1 aromatic carbocycles. The van der Waals surface area contributed by atoms with E-state index in [0.717, 1.165) is 16.6 Å². The van der Waals surface area contributed by atoms with Gasteiger partial charge in [-0.1, -0.05) is 19.1 Å². The van der Waals surface area contributed by atoms with Gasteiger partial charge in [0.25, 0.3) is 0 Å². The van der Waals surface area contributed by atoms with Gasteiger partial charge in [-0.25, -0.2) is 4.98 Å². The van der Waals surface area contributed by atoms with Crippen LogP contribution in [-0.4, -0.2) is 22.5 Å². The number of rotatable bonds is 4. The van der Waals surface area contributed by atoms with E-state index in [2.05, 4.69) is 9.97 Å². The third-order valence-electron chi connectivity index (χ3n) is 3.04. The van der Waals surface area contributed by atoms with Crippen LogP contribution in [0.5, 0.6) is 0 Å². The molecule has 1 aromatic heterocycles. The van der Waals surface area contributed by atoms with Gasteiger partial charge in [-0.3, -0.25) is 4.79 Å². The molecule has 4 heteroatoms. The number of hydrogen-bond donors (Lipinski definition) is 1. The molecule has 0 amide bonds. The number of fused-ring (bicyclic) bond motifs is 1. The van der Waals surface area contributed by atoms with E-state index in [1.54, 1.807) is 0 Å². The molecule has 18 heavy (non-hydrogen) atoms. The van der Waals surface area contributed by atoms with Crippen molar-refractivity contribution in [3.8, 4) is 0 Å². The van der Waals surface area contributed by atoms with Crippen molar-refractivity contribution in [2.45, 2.75) is 33.1 Å². The third kappa shape index (κ3) is 2.23. The Morgan fingerprint density at radius 3 is 2.83 bits per heavy atom. The van der Waals surface area contributed by atoms with Gasteiger partial charge in [0.15, 0.2) is 0 Å². The molecule has 96 valence electrons. The van der Waals surface area contributed by atoms with Crippen molar-refractivity contribution >= 4 is 17.0 Å². The largest absolute Gasteiger partial charge is 0.465 e. The normalized spacial score (nSPS) is 12.6. The van der Waals surface area contributed by atoms with Crippen molar-refractivity contribution in [1.29, 1.82) is 0 Å². The maximum Gasteiger partial charge on any atom is 0.316 e. The van der Waals surface area contributed by atoms with Crippen LogP contribution in [0.2, 0.25) is 0 Å². The van der Waals surface area contributed by atoms with Crippen molar-refractivity contribution in [2.24, 2.45) is 0 Å². The van der Waals surface area contributed by atoms with Crippen molar-refractivity contribution in [3.63, 3.8) is 0 Å². The number of aryl methyl sites for hydroxylation is 1. The zero-order valence-electron chi connectivity index (χ0n) is 11.0. The van der Waals surface area contributed by atoms with Gasteiger partial charge >= 0.3 is 5.97 Å². The number of hydrogen-bond acceptors (Lipinski definition) is 3. The number of nitrogens with zero attached hydrogens (tertiary/aromatic N) is 1. The quantitative estimate of drug-likeness (QED) is 0.844. The highest BCUT2D eigenvalue weighted by Gasteiger charge is 2.23. The molecule has 0 saturated carbocycles. The van der Waals surface area contributed by atoms with Crippen molar-refractivity contribution in [2.75, 3.05) is 6.61 Å². The first kappa shape index (κ1) is 12.6. The number of nitrogens with one attached hydrogen (secondary N) is 1. The zero-order chi connectivity index (χ0) is 13.1. The average Bonchev–Trinajstić information content (AvgIpc) is 2.75. The second kappa shape index (κ2) is 5.21. The molecular weight excluding hydrogens is 228 g/mol. The highest BCUT2D eigenvalue weighted by Crippen LogP contribution is 2.23. The van der Waals surface area contributed by atoms with E-state index in [0.29, 0.717) is 18.9 Å².